The van der Waals surface area contributed by atoms with Gasteiger partial charge < -0.3 is 9.53 Å². The average molecular weight is 267 g/mol. The van der Waals surface area contributed by atoms with Crippen LogP contribution in [0, 0.1) is 5.92 Å². The van der Waals surface area contributed by atoms with Crippen LogP contribution >= 0.6 is 0 Å². The van der Waals surface area contributed by atoms with Crippen LogP contribution in [0.25, 0.3) is 0 Å². The Kier molecular flexibility index (Phi) is 5.75. The van der Waals surface area contributed by atoms with E-state index >= 15 is 0 Å². The summed E-state index contributed by atoms with van der Waals surface area (Å²) in [7, 11) is 4.09. The van der Waals surface area contributed by atoms with E-state index in [0.29, 0.717) is 0 Å². The second-order valence-corrected chi connectivity index (χ2v) is 5.54. The molecule has 0 saturated heterocycles. The molecule has 0 bridgehead atoms. The van der Waals surface area contributed by atoms with Gasteiger partial charge in [0.15, 0.2) is 0 Å². The molecule has 110 valence electrons. The number of hydrogen-bond acceptors (Lipinski definition) is 3. The number of carbonyl (C=O) groups is 1. The maximum absolute atomic E-state index is 11.5. The van der Waals surface area contributed by atoms with Gasteiger partial charge in [0.2, 0.25) is 0 Å². The molecule has 0 N–H and O–H groups in total. The highest BCUT2D eigenvalue weighted by atomic mass is 16.5. The van der Waals surface area contributed by atoms with Crippen LogP contribution < -0.4 is 0 Å². The lowest BCUT2D eigenvalue weighted by atomic mass is 9.76. The highest BCUT2D eigenvalue weighted by Crippen LogP contribution is 2.47. The molecule has 3 atom stereocenters. The molecular formula is C16H29NO2. The molecule has 0 amide bonds. The molecule has 1 heterocycles. The second kappa shape index (κ2) is 6.67. The topological polar surface area (TPSA) is 29.5 Å². The van der Waals surface area contributed by atoms with Crippen LogP contribution in [0.4, 0.5) is 0 Å². The second-order valence-electron chi connectivity index (χ2n) is 5.54. The molecule has 0 aliphatic carbocycles. The molecule has 3 nitrogen and oxygen atoms in total. The zero-order chi connectivity index (χ0) is 14.6. The number of likely N-dealkylation sites (N-methyl/N-ethyl adjacent to an activating group) is 1. The summed E-state index contributed by atoms with van der Waals surface area (Å²) in [6, 6.07) is 0. The lowest BCUT2D eigenvalue weighted by Gasteiger charge is -2.37. The minimum Gasteiger partial charge on any atom is -0.348 e. The Labute approximate surface area is 118 Å². The van der Waals surface area contributed by atoms with Gasteiger partial charge in [0, 0.05) is 5.92 Å². The van der Waals surface area contributed by atoms with Crippen molar-refractivity contribution in [2.45, 2.75) is 65.2 Å². The van der Waals surface area contributed by atoms with Crippen LogP contribution in [0.5, 0.6) is 0 Å². The monoisotopic (exact) mass is 267 g/mol. The summed E-state index contributed by atoms with van der Waals surface area (Å²) in [4.78, 5) is 13.6. The first-order chi connectivity index (χ1) is 9.02. The van der Waals surface area contributed by atoms with E-state index in [1.807, 2.05) is 14.1 Å². The standard InChI is InChI=1S/C16H29NO2/c1-7-12(11-18)16(10-4)14(9-3)13(8-2)15(19-16)17(5)6/h11-12,15H,7-10H2,1-6H3. The van der Waals surface area contributed by atoms with E-state index in [2.05, 4.69) is 32.6 Å². The molecule has 0 aromatic heterocycles. The van der Waals surface area contributed by atoms with Crippen LogP contribution in [0.3, 0.4) is 0 Å². The lowest BCUT2D eigenvalue weighted by Crippen LogP contribution is -2.43. The Hall–Kier alpha value is -0.670. The van der Waals surface area contributed by atoms with Crippen LogP contribution in [0.15, 0.2) is 11.1 Å². The summed E-state index contributed by atoms with van der Waals surface area (Å²) in [5.74, 6) is -0.0426. The smallest absolute Gasteiger partial charge is 0.133 e. The zero-order valence-electron chi connectivity index (χ0n) is 13.3. The summed E-state index contributed by atoms with van der Waals surface area (Å²) >= 11 is 0. The third-order valence-electron chi connectivity index (χ3n) is 4.45. The Morgan fingerprint density at radius 2 is 1.89 bits per heavy atom. The molecule has 1 rings (SSSR count). The molecular weight excluding hydrogens is 238 g/mol. The largest absolute Gasteiger partial charge is 0.348 e. The highest BCUT2D eigenvalue weighted by Gasteiger charge is 2.49. The van der Waals surface area contributed by atoms with Crippen molar-refractivity contribution >= 4 is 6.29 Å². The number of aldehydes is 1. The van der Waals surface area contributed by atoms with Crippen molar-refractivity contribution in [3.8, 4) is 0 Å². The molecule has 3 heteroatoms. The third-order valence-corrected chi connectivity index (χ3v) is 4.45. The van der Waals surface area contributed by atoms with E-state index in [-0.39, 0.29) is 17.7 Å². The fourth-order valence-electron chi connectivity index (χ4n) is 3.50. The van der Waals surface area contributed by atoms with Gasteiger partial charge in [-0.3, -0.25) is 4.90 Å². The van der Waals surface area contributed by atoms with E-state index in [4.69, 9.17) is 4.74 Å². The van der Waals surface area contributed by atoms with Crippen molar-refractivity contribution in [1.29, 1.82) is 0 Å². The normalized spacial score (nSPS) is 29.1. The van der Waals surface area contributed by atoms with E-state index < -0.39 is 0 Å². The first-order valence-electron chi connectivity index (χ1n) is 7.54. The van der Waals surface area contributed by atoms with Crippen LogP contribution in [-0.2, 0) is 9.53 Å². The van der Waals surface area contributed by atoms with Gasteiger partial charge >= 0.3 is 0 Å². The van der Waals surface area contributed by atoms with Crippen molar-refractivity contribution in [2.75, 3.05) is 14.1 Å². The summed E-state index contributed by atoms with van der Waals surface area (Å²) in [5, 5.41) is 0. The fourth-order valence-corrected chi connectivity index (χ4v) is 3.50. The summed E-state index contributed by atoms with van der Waals surface area (Å²) in [5.41, 5.74) is 2.34. The minimum atomic E-state index is -0.383. The summed E-state index contributed by atoms with van der Waals surface area (Å²) < 4.78 is 6.43. The van der Waals surface area contributed by atoms with Crippen molar-refractivity contribution in [3.63, 3.8) is 0 Å². The van der Waals surface area contributed by atoms with Gasteiger partial charge in [-0.2, -0.15) is 0 Å². The average Bonchev–Trinajstić information content (AvgIpc) is 2.75. The molecule has 0 aromatic rings. The van der Waals surface area contributed by atoms with Crippen molar-refractivity contribution in [1.82, 2.24) is 4.90 Å². The van der Waals surface area contributed by atoms with Crippen LogP contribution in [0.1, 0.15) is 53.4 Å². The summed E-state index contributed by atoms with van der Waals surface area (Å²) in [6.07, 6.45) is 4.76. The molecule has 1 aliphatic heterocycles. The molecule has 0 fully saturated rings. The molecule has 0 radical (unpaired) electrons. The Bertz CT molecular complexity index is 349. The molecule has 3 unspecified atom stereocenters. The number of ether oxygens (including phenoxy) is 1. The Balaban J connectivity index is 3.33. The third kappa shape index (κ3) is 2.63. The predicted octanol–water partition coefficient (Wildman–Crippen LogP) is 3.39. The first kappa shape index (κ1) is 16.4. The van der Waals surface area contributed by atoms with Gasteiger partial charge in [0.25, 0.3) is 0 Å². The van der Waals surface area contributed by atoms with Gasteiger partial charge in [-0.25, -0.2) is 0 Å². The maximum Gasteiger partial charge on any atom is 0.133 e. The van der Waals surface area contributed by atoms with Crippen molar-refractivity contribution in [2.24, 2.45) is 5.92 Å². The summed E-state index contributed by atoms with van der Waals surface area (Å²) in [6.45, 7) is 8.56. The van der Waals surface area contributed by atoms with Gasteiger partial charge in [0.1, 0.15) is 18.1 Å². The molecule has 1 aliphatic rings. The SMILES string of the molecule is CCC1=C(CC)C(CC)(C(C=O)CC)OC1N(C)C. The highest BCUT2D eigenvalue weighted by molar-refractivity contribution is 5.59. The van der Waals surface area contributed by atoms with Gasteiger partial charge in [-0.1, -0.05) is 27.7 Å². The van der Waals surface area contributed by atoms with Crippen LogP contribution in [-0.4, -0.2) is 37.1 Å². The number of carbonyl (C=O) groups excluding carboxylic acids is 1. The molecule has 0 spiro atoms. The fraction of sp³-hybridized carbons (Fsp3) is 0.812. The number of hydrogen-bond donors (Lipinski definition) is 0. The van der Waals surface area contributed by atoms with E-state index in [9.17, 15) is 4.79 Å². The van der Waals surface area contributed by atoms with E-state index in [0.717, 1.165) is 32.0 Å². The Morgan fingerprint density at radius 3 is 2.21 bits per heavy atom. The van der Waals surface area contributed by atoms with Crippen LogP contribution in [0.2, 0.25) is 0 Å². The van der Waals surface area contributed by atoms with Crippen molar-refractivity contribution in [3.05, 3.63) is 11.1 Å². The Morgan fingerprint density at radius 1 is 1.26 bits per heavy atom. The van der Waals surface area contributed by atoms with Crippen molar-refractivity contribution < 1.29 is 9.53 Å². The predicted molar refractivity (Wildman–Crippen MR) is 79.0 cm³/mol. The van der Waals surface area contributed by atoms with E-state index in [1.165, 1.54) is 11.1 Å². The first-order valence-corrected chi connectivity index (χ1v) is 7.54. The van der Waals surface area contributed by atoms with Gasteiger partial charge in [-0.15, -0.1) is 0 Å². The lowest BCUT2D eigenvalue weighted by molar-refractivity contribution is -0.136. The minimum absolute atomic E-state index is 0.0221. The van der Waals surface area contributed by atoms with E-state index in [1.54, 1.807) is 0 Å². The number of nitrogens with zero attached hydrogens (tertiary/aromatic N) is 1. The number of rotatable bonds is 7. The zero-order valence-corrected chi connectivity index (χ0v) is 13.3. The quantitative estimate of drug-likeness (QED) is 0.523. The molecule has 0 aromatic carbocycles. The molecule has 19 heavy (non-hydrogen) atoms. The maximum atomic E-state index is 11.5. The van der Waals surface area contributed by atoms with Gasteiger partial charge in [-0.05, 0) is 50.9 Å². The molecule has 0 saturated carbocycles. The van der Waals surface area contributed by atoms with Gasteiger partial charge in [0.05, 0.1) is 0 Å².